The van der Waals surface area contributed by atoms with Crippen molar-refractivity contribution in [1.82, 2.24) is 4.90 Å². The molecule has 0 spiro atoms. The molecule has 0 aliphatic carbocycles. The summed E-state index contributed by atoms with van der Waals surface area (Å²) in [6.07, 6.45) is 7.33. The Morgan fingerprint density at radius 3 is 2.75 bits per heavy atom. The summed E-state index contributed by atoms with van der Waals surface area (Å²) < 4.78 is 5.19. The zero-order valence-electron chi connectivity index (χ0n) is 12.0. The third-order valence-electron chi connectivity index (χ3n) is 4.33. The van der Waals surface area contributed by atoms with Crippen molar-refractivity contribution < 1.29 is 9.53 Å². The van der Waals surface area contributed by atoms with Crippen LogP contribution in [-0.4, -0.2) is 30.5 Å². The Hall–Kier alpha value is -1.77. The second-order valence-corrected chi connectivity index (χ2v) is 5.59. The Morgan fingerprint density at radius 2 is 2.00 bits per heavy atom. The average Bonchev–Trinajstić information content (AvgIpc) is 2.49. The molecule has 0 N–H and O–H groups in total. The van der Waals surface area contributed by atoms with Gasteiger partial charge < -0.3 is 9.64 Å². The molecule has 20 heavy (non-hydrogen) atoms. The maximum atomic E-state index is 12.0. The van der Waals surface area contributed by atoms with E-state index < -0.39 is 0 Å². The molecule has 0 radical (unpaired) electrons. The van der Waals surface area contributed by atoms with E-state index in [-0.39, 0.29) is 0 Å². The van der Waals surface area contributed by atoms with Gasteiger partial charge in [-0.05, 0) is 49.0 Å². The maximum absolute atomic E-state index is 12.0. The predicted octanol–water partition coefficient (Wildman–Crippen LogP) is 3.25. The predicted molar refractivity (Wildman–Crippen MR) is 79.6 cm³/mol. The van der Waals surface area contributed by atoms with E-state index >= 15 is 0 Å². The first kappa shape index (κ1) is 13.2. The molecule has 0 bridgehead atoms. The zero-order chi connectivity index (χ0) is 13.9. The largest absolute Gasteiger partial charge is 0.497 e. The number of hydrogen-bond acceptors (Lipinski definition) is 2. The molecule has 2 aliphatic rings. The van der Waals surface area contributed by atoms with E-state index in [0.29, 0.717) is 11.9 Å². The van der Waals surface area contributed by atoms with Crippen molar-refractivity contribution >= 4 is 12.0 Å². The minimum Gasteiger partial charge on any atom is -0.497 e. The van der Waals surface area contributed by atoms with Crippen LogP contribution in [0.4, 0.5) is 0 Å². The van der Waals surface area contributed by atoms with Crippen LogP contribution in [0.1, 0.15) is 37.7 Å². The van der Waals surface area contributed by atoms with E-state index in [1.54, 1.807) is 7.11 Å². The SMILES string of the molecule is COc1ccc(/C=C2\CCCN3C(=O)CCCC23)cc1. The van der Waals surface area contributed by atoms with Crippen LogP contribution in [0.2, 0.25) is 0 Å². The molecule has 2 fully saturated rings. The standard InChI is InChI=1S/C17H21NO2/c1-20-15-9-7-13(8-10-15)12-14-4-3-11-18-16(14)5-2-6-17(18)19/h7-10,12,16H,2-6,11H2,1H3/b14-12+. The van der Waals surface area contributed by atoms with Crippen LogP contribution in [0, 0.1) is 0 Å². The summed E-state index contributed by atoms with van der Waals surface area (Å²) in [5, 5.41) is 0. The molecule has 0 aromatic heterocycles. The van der Waals surface area contributed by atoms with Gasteiger partial charge in [-0.1, -0.05) is 18.2 Å². The zero-order valence-corrected chi connectivity index (χ0v) is 12.0. The van der Waals surface area contributed by atoms with E-state index in [0.717, 1.165) is 44.4 Å². The molecule has 3 nitrogen and oxygen atoms in total. The average molecular weight is 271 g/mol. The summed E-state index contributed by atoms with van der Waals surface area (Å²) in [7, 11) is 1.68. The molecule has 1 aromatic rings. The molecule has 1 amide bonds. The van der Waals surface area contributed by atoms with Gasteiger partial charge in [0.1, 0.15) is 5.75 Å². The molecular weight excluding hydrogens is 250 g/mol. The highest BCUT2D eigenvalue weighted by molar-refractivity contribution is 5.78. The van der Waals surface area contributed by atoms with Crippen LogP contribution >= 0.6 is 0 Å². The molecular formula is C17H21NO2. The second kappa shape index (κ2) is 5.70. The number of methoxy groups -OCH3 is 1. The Morgan fingerprint density at radius 1 is 1.20 bits per heavy atom. The lowest BCUT2D eigenvalue weighted by molar-refractivity contribution is -0.136. The fourth-order valence-electron chi connectivity index (χ4n) is 3.29. The molecule has 2 saturated heterocycles. The number of piperidine rings is 2. The third kappa shape index (κ3) is 2.58. The molecule has 2 heterocycles. The first-order valence-corrected chi connectivity index (χ1v) is 7.42. The van der Waals surface area contributed by atoms with Gasteiger partial charge in [0.25, 0.3) is 0 Å². The lowest BCUT2D eigenvalue weighted by Crippen LogP contribution is -2.47. The number of benzene rings is 1. The summed E-state index contributed by atoms with van der Waals surface area (Å²) in [5.74, 6) is 1.21. The van der Waals surface area contributed by atoms with E-state index in [9.17, 15) is 4.79 Å². The smallest absolute Gasteiger partial charge is 0.223 e. The molecule has 1 unspecified atom stereocenters. The minimum absolute atomic E-state index is 0.335. The number of fused-ring (bicyclic) bond motifs is 1. The van der Waals surface area contributed by atoms with Crippen LogP contribution in [0.3, 0.4) is 0 Å². The normalized spacial score (nSPS) is 24.6. The Labute approximate surface area is 120 Å². The van der Waals surface area contributed by atoms with E-state index in [4.69, 9.17) is 4.74 Å². The molecule has 1 aromatic carbocycles. The van der Waals surface area contributed by atoms with Crippen molar-refractivity contribution in [2.75, 3.05) is 13.7 Å². The summed E-state index contributed by atoms with van der Waals surface area (Å²) >= 11 is 0. The van der Waals surface area contributed by atoms with Gasteiger partial charge in [-0.25, -0.2) is 0 Å². The number of carbonyl (C=O) groups excluding carboxylic acids is 1. The van der Waals surface area contributed by atoms with Gasteiger partial charge in [0.05, 0.1) is 13.2 Å². The van der Waals surface area contributed by atoms with E-state index in [1.165, 1.54) is 11.1 Å². The summed E-state index contributed by atoms with van der Waals surface area (Å²) in [5.41, 5.74) is 2.61. The Bertz CT molecular complexity index is 518. The monoisotopic (exact) mass is 271 g/mol. The number of carbonyl (C=O) groups is 1. The number of rotatable bonds is 2. The first-order chi connectivity index (χ1) is 9.78. The Kier molecular flexibility index (Phi) is 3.77. The van der Waals surface area contributed by atoms with Crippen molar-refractivity contribution in [3.63, 3.8) is 0 Å². The highest BCUT2D eigenvalue weighted by Gasteiger charge is 2.32. The lowest BCUT2D eigenvalue weighted by atomic mass is 9.87. The highest BCUT2D eigenvalue weighted by Crippen LogP contribution is 2.32. The van der Waals surface area contributed by atoms with Crippen molar-refractivity contribution in [3.05, 3.63) is 35.4 Å². The highest BCUT2D eigenvalue weighted by atomic mass is 16.5. The summed E-state index contributed by atoms with van der Waals surface area (Å²) in [4.78, 5) is 14.1. The third-order valence-corrected chi connectivity index (χ3v) is 4.33. The van der Waals surface area contributed by atoms with Crippen LogP contribution in [0.15, 0.2) is 29.8 Å². The van der Waals surface area contributed by atoms with Crippen LogP contribution < -0.4 is 4.74 Å². The fourth-order valence-corrected chi connectivity index (χ4v) is 3.29. The van der Waals surface area contributed by atoms with Crippen LogP contribution in [-0.2, 0) is 4.79 Å². The fraction of sp³-hybridized carbons (Fsp3) is 0.471. The molecule has 0 saturated carbocycles. The van der Waals surface area contributed by atoms with Crippen molar-refractivity contribution in [1.29, 1.82) is 0 Å². The molecule has 3 rings (SSSR count). The van der Waals surface area contributed by atoms with Gasteiger partial charge >= 0.3 is 0 Å². The van der Waals surface area contributed by atoms with Crippen molar-refractivity contribution in [3.8, 4) is 5.75 Å². The van der Waals surface area contributed by atoms with Crippen LogP contribution in [0.5, 0.6) is 5.75 Å². The van der Waals surface area contributed by atoms with Gasteiger partial charge in [0.2, 0.25) is 5.91 Å². The topological polar surface area (TPSA) is 29.5 Å². The first-order valence-electron chi connectivity index (χ1n) is 7.42. The summed E-state index contributed by atoms with van der Waals surface area (Å²) in [6, 6.07) is 8.47. The number of ether oxygens (including phenoxy) is 1. The van der Waals surface area contributed by atoms with Gasteiger partial charge in [0, 0.05) is 13.0 Å². The second-order valence-electron chi connectivity index (χ2n) is 5.59. The maximum Gasteiger partial charge on any atom is 0.223 e. The summed E-state index contributed by atoms with van der Waals surface area (Å²) in [6.45, 7) is 0.934. The van der Waals surface area contributed by atoms with Gasteiger partial charge in [-0.2, -0.15) is 0 Å². The number of hydrogen-bond donors (Lipinski definition) is 0. The van der Waals surface area contributed by atoms with Crippen molar-refractivity contribution in [2.24, 2.45) is 0 Å². The molecule has 2 aliphatic heterocycles. The molecule has 3 heteroatoms. The quantitative estimate of drug-likeness (QED) is 0.826. The number of amides is 1. The Balaban J connectivity index is 1.83. The molecule has 1 atom stereocenters. The van der Waals surface area contributed by atoms with Crippen LogP contribution in [0.25, 0.3) is 6.08 Å². The van der Waals surface area contributed by atoms with Gasteiger partial charge in [-0.15, -0.1) is 0 Å². The van der Waals surface area contributed by atoms with E-state index in [2.05, 4.69) is 23.1 Å². The van der Waals surface area contributed by atoms with Gasteiger partial charge in [-0.3, -0.25) is 4.79 Å². The molecule has 106 valence electrons. The lowest BCUT2D eigenvalue weighted by Gasteiger charge is -2.41. The van der Waals surface area contributed by atoms with Gasteiger partial charge in [0.15, 0.2) is 0 Å². The van der Waals surface area contributed by atoms with Crippen molar-refractivity contribution in [2.45, 2.75) is 38.1 Å². The number of nitrogens with zero attached hydrogens (tertiary/aromatic N) is 1. The minimum atomic E-state index is 0.335. The van der Waals surface area contributed by atoms with E-state index in [1.807, 2.05) is 12.1 Å².